The Labute approximate surface area is 131 Å². The van der Waals surface area contributed by atoms with Crippen molar-refractivity contribution in [1.82, 2.24) is 9.88 Å². The van der Waals surface area contributed by atoms with Crippen LogP contribution in [0.1, 0.15) is 43.7 Å². The fourth-order valence-electron chi connectivity index (χ4n) is 3.12. The Morgan fingerprint density at radius 1 is 1.36 bits per heavy atom. The molecule has 0 saturated carbocycles. The number of pyridine rings is 1. The number of furan rings is 1. The Balaban J connectivity index is 1.67. The van der Waals surface area contributed by atoms with Crippen LogP contribution in [0.25, 0.3) is 0 Å². The molecule has 0 spiro atoms. The zero-order valence-electron chi connectivity index (χ0n) is 12.9. The average molecular weight is 298 g/mol. The minimum atomic E-state index is 0.0787. The number of hydrogen-bond donors (Lipinski definition) is 0. The Bertz CT molecular complexity index is 595. The molecule has 4 nitrogen and oxygen atoms in total. The van der Waals surface area contributed by atoms with Crippen LogP contribution >= 0.6 is 0 Å². The van der Waals surface area contributed by atoms with Gasteiger partial charge in [0.1, 0.15) is 5.76 Å². The molecule has 2 aromatic heterocycles. The largest absolute Gasteiger partial charge is 0.467 e. The molecule has 0 radical (unpaired) electrons. The molecule has 0 aromatic carbocycles. The molecule has 3 rings (SSSR count). The van der Waals surface area contributed by atoms with Crippen molar-refractivity contribution in [3.63, 3.8) is 0 Å². The summed E-state index contributed by atoms with van der Waals surface area (Å²) in [5.41, 5.74) is 0.968. The summed E-state index contributed by atoms with van der Waals surface area (Å²) in [5.74, 6) is 1.71. The Hall–Kier alpha value is -2.10. The van der Waals surface area contributed by atoms with Gasteiger partial charge in [-0.15, -0.1) is 0 Å². The lowest BCUT2D eigenvalue weighted by Crippen LogP contribution is -2.40. The van der Waals surface area contributed by atoms with Crippen molar-refractivity contribution in [3.8, 4) is 0 Å². The van der Waals surface area contributed by atoms with E-state index < -0.39 is 0 Å². The van der Waals surface area contributed by atoms with Crippen LogP contribution in [0.15, 0.2) is 47.2 Å². The molecular weight excluding hydrogens is 276 g/mol. The van der Waals surface area contributed by atoms with E-state index in [4.69, 9.17) is 4.42 Å². The van der Waals surface area contributed by atoms with Gasteiger partial charge in [0.15, 0.2) is 0 Å². The lowest BCUT2D eigenvalue weighted by molar-refractivity contribution is -0.136. The molecule has 4 heteroatoms. The molecule has 116 valence electrons. The third kappa shape index (κ3) is 3.38. The lowest BCUT2D eigenvalue weighted by Gasteiger charge is -2.37. The molecule has 22 heavy (non-hydrogen) atoms. The van der Waals surface area contributed by atoms with Gasteiger partial charge < -0.3 is 9.32 Å². The van der Waals surface area contributed by atoms with Gasteiger partial charge in [0.2, 0.25) is 5.91 Å². The topological polar surface area (TPSA) is 46.3 Å². The summed E-state index contributed by atoms with van der Waals surface area (Å²) in [4.78, 5) is 18.9. The van der Waals surface area contributed by atoms with Gasteiger partial charge in [0.25, 0.3) is 0 Å². The van der Waals surface area contributed by atoms with Gasteiger partial charge in [-0.05, 0) is 49.4 Å². The van der Waals surface area contributed by atoms with E-state index in [1.807, 2.05) is 35.2 Å². The summed E-state index contributed by atoms with van der Waals surface area (Å²) < 4.78 is 5.56. The molecule has 1 saturated heterocycles. The number of nitrogens with zero attached hydrogens (tertiary/aromatic N) is 2. The molecule has 1 aliphatic heterocycles. The molecule has 0 aliphatic carbocycles. The van der Waals surface area contributed by atoms with E-state index in [2.05, 4.69) is 11.9 Å². The first kappa shape index (κ1) is 14.8. The van der Waals surface area contributed by atoms with Crippen LogP contribution in [0, 0.1) is 5.92 Å². The first-order valence-corrected chi connectivity index (χ1v) is 7.97. The van der Waals surface area contributed by atoms with E-state index in [9.17, 15) is 4.79 Å². The van der Waals surface area contributed by atoms with E-state index in [1.54, 1.807) is 12.5 Å². The average Bonchev–Trinajstić information content (AvgIpc) is 3.08. The first-order chi connectivity index (χ1) is 10.7. The van der Waals surface area contributed by atoms with Gasteiger partial charge in [-0.2, -0.15) is 0 Å². The second-order valence-corrected chi connectivity index (χ2v) is 6.07. The Kier molecular flexibility index (Phi) is 4.56. The first-order valence-electron chi connectivity index (χ1n) is 7.97. The normalized spacial score (nSPS) is 21.8. The number of amides is 1. The van der Waals surface area contributed by atoms with Crippen molar-refractivity contribution < 1.29 is 9.21 Å². The van der Waals surface area contributed by atoms with Crippen molar-refractivity contribution in [2.75, 3.05) is 6.54 Å². The molecular formula is C18H22N2O2. The molecule has 0 bridgehead atoms. The van der Waals surface area contributed by atoms with E-state index in [0.717, 1.165) is 30.8 Å². The maximum absolute atomic E-state index is 12.6. The summed E-state index contributed by atoms with van der Waals surface area (Å²) in [7, 11) is 0. The monoisotopic (exact) mass is 298 g/mol. The number of carbonyl (C=O) groups excluding carboxylic acids is 1. The molecule has 1 fully saturated rings. The van der Waals surface area contributed by atoms with Crippen LogP contribution in [0.4, 0.5) is 0 Å². The predicted molar refractivity (Wildman–Crippen MR) is 84.1 cm³/mol. The summed E-state index contributed by atoms with van der Waals surface area (Å²) >= 11 is 0. The summed E-state index contributed by atoms with van der Waals surface area (Å²) in [6.45, 7) is 3.05. The highest BCUT2D eigenvalue weighted by Crippen LogP contribution is 2.34. The van der Waals surface area contributed by atoms with Gasteiger partial charge in [0, 0.05) is 24.9 Å². The van der Waals surface area contributed by atoms with Crippen LogP contribution < -0.4 is 0 Å². The number of aromatic nitrogens is 1. The van der Waals surface area contributed by atoms with Crippen LogP contribution in [-0.4, -0.2) is 22.3 Å². The summed E-state index contributed by atoms with van der Waals surface area (Å²) in [6.07, 6.45) is 6.69. The van der Waals surface area contributed by atoms with Crippen molar-refractivity contribution in [2.45, 2.75) is 38.6 Å². The number of rotatable bonds is 4. The molecule has 2 unspecified atom stereocenters. The van der Waals surface area contributed by atoms with E-state index in [0.29, 0.717) is 18.8 Å². The van der Waals surface area contributed by atoms with Gasteiger partial charge >= 0.3 is 0 Å². The minimum Gasteiger partial charge on any atom is -0.467 e. The van der Waals surface area contributed by atoms with Crippen molar-refractivity contribution in [2.24, 2.45) is 5.92 Å². The third-order valence-electron chi connectivity index (χ3n) is 4.38. The van der Waals surface area contributed by atoms with E-state index >= 15 is 0 Å². The predicted octanol–water partition coefficient (Wildman–Crippen LogP) is 3.61. The van der Waals surface area contributed by atoms with Gasteiger partial charge in [-0.25, -0.2) is 0 Å². The van der Waals surface area contributed by atoms with Crippen LogP contribution in [0.5, 0.6) is 0 Å². The van der Waals surface area contributed by atoms with Crippen LogP contribution in [0.2, 0.25) is 0 Å². The second-order valence-electron chi connectivity index (χ2n) is 6.07. The van der Waals surface area contributed by atoms with E-state index in [1.165, 1.54) is 0 Å². The van der Waals surface area contributed by atoms with E-state index in [-0.39, 0.29) is 11.9 Å². The standard InChI is InChI=1S/C18H22N2O2/c1-14-9-11-20(16(13-14)17-6-4-12-22-17)18(21)8-7-15-5-2-3-10-19-15/h2-6,10,12,14,16H,7-9,11,13H2,1H3. The van der Waals surface area contributed by atoms with Gasteiger partial charge in [-0.3, -0.25) is 9.78 Å². The highest BCUT2D eigenvalue weighted by molar-refractivity contribution is 5.77. The summed E-state index contributed by atoms with van der Waals surface area (Å²) in [6, 6.07) is 9.77. The van der Waals surface area contributed by atoms with Gasteiger partial charge in [0.05, 0.1) is 12.3 Å². The highest BCUT2D eigenvalue weighted by atomic mass is 16.3. The minimum absolute atomic E-state index is 0.0787. The lowest BCUT2D eigenvalue weighted by atomic mass is 9.90. The number of hydrogen-bond acceptors (Lipinski definition) is 3. The third-order valence-corrected chi connectivity index (χ3v) is 4.38. The SMILES string of the molecule is CC1CCN(C(=O)CCc2ccccn2)C(c2ccco2)C1. The number of aryl methyl sites for hydroxylation is 1. The summed E-state index contributed by atoms with van der Waals surface area (Å²) in [5, 5.41) is 0. The van der Waals surface area contributed by atoms with Crippen molar-refractivity contribution in [1.29, 1.82) is 0 Å². The van der Waals surface area contributed by atoms with Crippen LogP contribution in [0.3, 0.4) is 0 Å². The molecule has 1 amide bonds. The molecule has 3 heterocycles. The maximum atomic E-state index is 12.6. The number of likely N-dealkylation sites (tertiary alicyclic amines) is 1. The number of piperidine rings is 1. The smallest absolute Gasteiger partial charge is 0.223 e. The quantitative estimate of drug-likeness (QED) is 0.866. The zero-order valence-corrected chi connectivity index (χ0v) is 12.9. The maximum Gasteiger partial charge on any atom is 0.223 e. The highest BCUT2D eigenvalue weighted by Gasteiger charge is 2.32. The zero-order chi connectivity index (χ0) is 15.4. The van der Waals surface area contributed by atoms with Crippen molar-refractivity contribution in [3.05, 3.63) is 54.2 Å². The molecule has 2 aromatic rings. The van der Waals surface area contributed by atoms with Gasteiger partial charge in [-0.1, -0.05) is 13.0 Å². The van der Waals surface area contributed by atoms with Crippen LogP contribution in [-0.2, 0) is 11.2 Å². The second kappa shape index (κ2) is 6.77. The fourth-order valence-corrected chi connectivity index (χ4v) is 3.12. The van der Waals surface area contributed by atoms with Crippen molar-refractivity contribution >= 4 is 5.91 Å². The Morgan fingerprint density at radius 2 is 2.27 bits per heavy atom. The fraction of sp³-hybridized carbons (Fsp3) is 0.444. The molecule has 1 aliphatic rings. The number of carbonyl (C=O) groups is 1. The molecule has 2 atom stereocenters. The Morgan fingerprint density at radius 3 is 3.00 bits per heavy atom. The molecule has 0 N–H and O–H groups in total.